The van der Waals surface area contributed by atoms with E-state index in [-0.39, 0.29) is 18.4 Å². The number of methoxy groups -OCH3 is 1. The van der Waals surface area contributed by atoms with Gasteiger partial charge < -0.3 is 4.74 Å². The molecule has 2 aliphatic rings. The molecule has 0 N–H and O–H groups in total. The van der Waals surface area contributed by atoms with Crippen LogP contribution in [0.2, 0.25) is 0 Å². The van der Waals surface area contributed by atoms with Crippen molar-refractivity contribution >= 4 is 17.8 Å². The van der Waals surface area contributed by atoms with E-state index in [0.29, 0.717) is 12.0 Å². The van der Waals surface area contributed by atoms with Crippen LogP contribution in [0, 0.1) is 11.8 Å². The lowest BCUT2D eigenvalue weighted by molar-refractivity contribution is -0.151. The van der Waals surface area contributed by atoms with Crippen molar-refractivity contribution in [1.82, 2.24) is 4.90 Å². The maximum atomic E-state index is 12.0. The lowest BCUT2D eigenvalue weighted by atomic mass is 9.82. The molecule has 2 rings (SSSR count). The minimum Gasteiger partial charge on any atom is -0.468 e. The first kappa shape index (κ1) is 11.6. The smallest absolute Gasteiger partial charge is 0.325 e. The highest BCUT2D eigenvalue weighted by molar-refractivity contribution is 6.08. The summed E-state index contributed by atoms with van der Waals surface area (Å²) in [6.07, 6.45) is 4.11. The Labute approximate surface area is 98.7 Å². The number of carbonyl (C=O) groups is 3. The second-order valence-corrected chi connectivity index (χ2v) is 4.14. The fraction of sp³-hybridized carbons (Fsp3) is 0.417. The highest BCUT2D eigenvalue weighted by Gasteiger charge is 2.49. The molecule has 0 spiro atoms. The lowest BCUT2D eigenvalue weighted by Gasteiger charge is -2.17. The maximum absolute atomic E-state index is 12.0. The topological polar surface area (TPSA) is 63.7 Å². The fourth-order valence-corrected chi connectivity index (χ4v) is 2.26. The van der Waals surface area contributed by atoms with Gasteiger partial charge in [-0.3, -0.25) is 19.3 Å². The number of hydrogen-bond acceptors (Lipinski definition) is 4. The van der Waals surface area contributed by atoms with Crippen molar-refractivity contribution in [3.05, 3.63) is 24.3 Å². The highest BCUT2D eigenvalue weighted by Crippen LogP contribution is 2.37. The third-order valence-electron chi connectivity index (χ3n) is 3.15. The molecule has 0 aromatic heterocycles. The molecule has 0 bridgehead atoms. The Morgan fingerprint density at radius 1 is 1.53 bits per heavy atom. The van der Waals surface area contributed by atoms with Gasteiger partial charge in [0, 0.05) is 0 Å². The van der Waals surface area contributed by atoms with Gasteiger partial charge in [-0.15, -0.1) is 0 Å². The van der Waals surface area contributed by atoms with E-state index in [9.17, 15) is 14.4 Å². The molecule has 1 aliphatic carbocycles. The van der Waals surface area contributed by atoms with E-state index in [4.69, 9.17) is 0 Å². The monoisotopic (exact) mass is 235 g/mol. The van der Waals surface area contributed by atoms with Gasteiger partial charge in [-0.2, -0.15) is 0 Å². The Balaban J connectivity index is 2.23. The maximum Gasteiger partial charge on any atom is 0.325 e. The van der Waals surface area contributed by atoms with E-state index < -0.39 is 17.8 Å². The zero-order valence-electron chi connectivity index (χ0n) is 9.51. The number of fused-ring (bicyclic) bond motifs is 1. The summed E-state index contributed by atoms with van der Waals surface area (Å²) < 4.78 is 4.47. The molecule has 17 heavy (non-hydrogen) atoms. The van der Waals surface area contributed by atoms with E-state index in [2.05, 4.69) is 11.3 Å². The first-order valence-electron chi connectivity index (χ1n) is 5.33. The summed E-state index contributed by atoms with van der Waals surface area (Å²) in [5.74, 6) is -2.15. The Hall–Kier alpha value is -1.91. The van der Waals surface area contributed by atoms with E-state index in [1.807, 2.05) is 6.08 Å². The number of rotatable bonds is 2. The molecule has 0 radical (unpaired) electrons. The van der Waals surface area contributed by atoms with Gasteiger partial charge in [0.2, 0.25) is 11.8 Å². The number of esters is 1. The van der Waals surface area contributed by atoms with Crippen molar-refractivity contribution in [1.29, 1.82) is 0 Å². The van der Waals surface area contributed by atoms with Gasteiger partial charge >= 0.3 is 5.97 Å². The fourth-order valence-electron chi connectivity index (χ4n) is 2.26. The van der Waals surface area contributed by atoms with Crippen LogP contribution in [-0.2, 0) is 19.1 Å². The second-order valence-electron chi connectivity index (χ2n) is 4.14. The number of imide groups is 1. The van der Waals surface area contributed by atoms with Crippen molar-refractivity contribution in [2.75, 3.05) is 13.7 Å². The molecular weight excluding hydrogens is 222 g/mol. The third kappa shape index (κ3) is 1.77. The molecule has 0 saturated carbocycles. The van der Waals surface area contributed by atoms with Crippen molar-refractivity contribution in [3.63, 3.8) is 0 Å². The molecule has 90 valence electrons. The largest absolute Gasteiger partial charge is 0.468 e. The number of amides is 2. The van der Waals surface area contributed by atoms with Gasteiger partial charge in [0.1, 0.15) is 6.54 Å². The zero-order valence-corrected chi connectivity index (χ0v) is 9.51. The Bertz CT molecular complexity index is 438. The van der Waals surface area contributed by atoms with E-state index in [0.717, 1.165) is 4.90 Å². The normalized spacial score (nSPS) is 27.4. The van der Waals surface area contributed by atoms with Crippen LogP contribution in [0.5, 0.6) is 0 Å². The van der Waals surface area contributed by atoms with Crippen LogP contribution in [0.1, 0.15) is 6.42 Å². The van der Waals surface area contributed by atoms with Crippen LogP contribution >= 0.6 is 0 Å². The Morgan fingerprint density at radius 3 is 2.82 bits per heavy atom. The van der Waals surface area contributed by atoms with Crippen LogP contribution in [0.15, 0.2) is 24.3 Å². The molecular formula is C12H13NO4. The standard InChI is InChI=1S/C12H13NO4/c1-7-4-3-5-8-10(7)12(16)13(11(8)15)6-9(14)17-2/h3-4,8,10H,1,5-6H2,2H3. The number of hydrogen-bond donors (Lipinski definition) is 0. The van der Waals surface area contributed by atoms with Crippen molar-refractivity contribution < 1.29 is 19.1 Å². The SMILES string of the molecule is C=C1C=CCC2C(=O)N(CC(=O)OC)C(=O)C12. The summed E-state index contributed by atoms with van der Waals surface area (Å²) in [7, 11) is 1.22. The highest BCUT2D eigenvalue weighted by atomic mass is 16.5. The minimum atomic E-state index is -0.594. The van der Waals surface area contributed by atoms with Gasteiger partial charge in [-0.1, -0.05) is 18.7 Å². The summed E-state index contributed by atoms with van der Waals surface area (Å²) in [6, 6.07) is 0. The quantitative estimate of drug-likeness (QED) is 0.509. The summed E-state index contributed by atoms with van der Waals surface area (Å²) in [6.45, 7) is 3.46. The molecule has 2 amide bonds. The van der Waals surface area contributed by atoms with Crippen molar-refractivity contribution in [2.45, 2.75) is 6.42 Å². The molecule has 0 aromatic carbocycles. The zero-order chi connectivity index (χ0) is 12.6. The number of allylic oxidation sites excluding steroid dienone is 2. The Morgan fingerprint density at radius 2 is 2.24 bits per heavy atom. The molecule has 0 aromatic rings. The number of ether oxygens (including phenoxy) is 1. The van der Waals surface area contributed by atoms with Crippen LogP contribution in [0.25, 0.3) is 0 Å². The second kappa shape index (κ2) is 4.16. The first-order chi connectivity index (χ1) is 8.06. The van der Waals surface area contributed by atoms with Gasteiger partial charge in [-0.25, -0.2) is 0 Å². The predicted octanol–water partition coefficient (Wildman–Crippen LogP) is 0.277. The number of carbonyl (C=O) groups excluding carboxylic acids is 3. The minimum absolute atomic E-state index is 0.309. The molecule has 5 nitrogen and oxygen atoms in total. The molecule has 1 heterocycles. The van der Waals surface area contributed by atoms with E-state index in [1.54, 1.807) is 6.08 Å². The van der Waals surface area contributed by atoms with Gasteiger partial charge in [0.15, 0.2) is 0 Å². The summed E-state index contributed by atoms with van der Waals surface area (Å²) in [4.78, 5) is 36.1. The molecule has 2 atom stereocenters. The molecule has 2 unspecified atom stereocenters. The number of likely N-dealkylation sites (tertiary alicyclic amines) is 1. The van der Waals surface area contributed by atoms with Crippen molar-refractivity contribution in [3.8, 4) is 0 Å². The lowest BCUT2D eigenvalue weighted by Crippen LogP contribution is -2.36. The summed E-state index contributed by atoms with van der Waals surface area (Å²) >= 11 is 0. The van der Waals surface area contributed by atoms with Gasteiger partial charge in [0.25, 0.3) is 0 Å². The molecule has 1 fully saturated rings. The average Bonchev–Trinajstić information content (AvgIpc) is 2.55. The van der Waals surface area contributed by atoms with Crippen LogP contribution in [-0.4, -0.2) is 36.3 Å². The van der Waals surface area contributed by atoms with Crippen LogP contribution < -0.4 is 0 Å². The molecule has 1 aliphatic heterocycles. The van der Waals surface area contributed by atoms with Gasteiger partial charge in [-0.05, 0) is 12.0 Å². The van der Waals surface area contributed by atoms with Crippen LogP contribution in [0.3, 0.4) is 0 Å². The van der Waals surface area contributed by atoms with Gasteiger partial charge in [0.05, 0.1) is 18.9 Å². The number of nitrogens with zero attached hydrogens (tertiary/aromatic N) is 1. The summed E-state index contributed by atoms with van der Waals surface area (Å²) in [5.41, 5.74) is 0.631. The Kier molecular flexibility index (Phi) is 2.83. The summed E-state index contributed by atoms with van der Waals surface area (Å²) in [5, 5.41) is 0. The third-order valence-corrected chi connectivity index (χ3v) is 3.15. The molecule has 1 saturated heterocycles. The van der Waals surface area contributed by atoms with Crippen LogP contribution in [0.4, 0.5) is 0 Å². The van der Waals surface area contributed by atoms with E-state index >= 15 is 0 Å². The van der Waals surface area contributed by atoms with E-state index in [1.165, 1.54) is 7.11 Å². The average molecular weight is 235 g/mol. The van der Waals surface area contributed by atoms with Crippen molar-refractivity contribution in [2.24, 2.45) is 11.8 Å². The molecule has 5 heteroatoms. The predicted molar refractivity (Wildman–Crippen MR) is 58.6 cm³/mol. The first-order valence-corrected chi connectivity index (χ1v) is 5.33.